The average molecular weight is 295 g/mol. The van der Waals surface area contributed by atoms with Gasteiger partial charge in [0.25, 0.3) is 5.91 Å². The zero-order valence-electron chi connectivity index (χ0n) is 11.6. The maximum atomic E-state index is 12.1. The number of rotatable bonds is 5. The molecule has 1 amide bonds. The second-order valence-electron chi connectivity index (χ2n) is 4.32. The van der Waals surface area contributed by atoms with Crippen molar-refractivity contribution in [2.24, 2.45) is 0 Å². The van der Waals surface area contributed by atoms with E-state index in [0.717, 1.165) is 5.69 Å². The van der Waals surface area contributed by atoms with Crippen molar-refractivity contribution in [1.82, 2.24) is 9.78 Å². The van der Waals surface area contributed by atoms with Crippen LogP contribution >= 0.6 is 0 Å². The van der Waals surface area contributed by atoms with Gasteiger partial charge in [-0.2, -0.15) is 13.9 Å². The topological polar surface area (TPSA) is 56.2 Å². The fourth-order valence-corrected chi connectivity index (χ4v) is 1.87. The van der Waals surface area contributed by atoms with Crippen LogP contribution in [0.4, 0.5) is 14.5 Å². The number of halogens is 2. The summed E-state index contributed by atoms with van der Waals surface area (Å²) in [5, 5.41) is 6.86. The van der Waals surface area contributed by atoms with E-state index < -0.39 is 6.61 Å². The van der Waals surface area contributed by atoms with E-state index in [0.29, 0.717) is 17.8 Å². The third kappa shape index (κ3) is 3.56. The van der Waals surface area contributed by atoms with Crippen LogP contribution in [0.2, 0.25) is 0 Å². The van der Waals surface area contributed by atoms with Gasteiger partial charge in [0.05, 0.1) is 17.6 Å². The minimum absolute atomic E-state index is 0.0107. The summed E-state index contributed by atoms with van der Waals surface area (Å²) in [7, 11) is 0. The molecule has 0 saturated carbocycles. The molecule has 1 aromatic heterocycles. The van der Waals surface area contributed by atoms with E-state index in [1.54, 1.807) is 10.9 Å². The molecule has 0 spiro atoms. The Labute approximate surface area is 120 Å². The Hall–Kier alpha value is -2.44. The van der Waals surface area contributed by atoms with E-state index in [-0.39, 0.29) is 11.7 Å². The molecule has 0 aliphatic carbocycles. The number of anilines is 1. The molecule has 5 nitrogen and oxygen atoms in total. The number of carbonyl (C=O) groups is 1. The molecule has 2 rings (SSSR count). The van der Waals surface area contributed by atoms with Crippen molar-refractivity contribution in [3.05, 3.63) is 41.7 Å². The van der Waals surface area contributed by atoms with Crippen LogP contribution in [0.15, 0.2) is 30.5 Å². The highest BCUT2D eigenvalue weighted by molar-refractivity contribution is 6.04. The third-order valence-corrected chi connectivity index (χ3v) is 2.99. The molecule has 112 valence electrons. The average Bonchev–Trinajstić information content (AvgIpc) is 2.79. The van der Waals surface area contributed by atoms with Crippen LogP contribution in [0.1, 0.15) is 23.0 Å². The third-order valence-electron chi connectivity index (χ3n) is 2.99. The van der Waals surface area contributed by atoms with Gasteiger partial charge in [0.2, 0.25) is 0 Å². The van der Waals surface area contributed by atoms with Crippen molar-refractivity contribution in [2.45, 2.75) is 27.0 Å². The van der Waals surface area contributed by atoms with Gasteiger partial charge in [-0.25, -0.2) is 0 Å². The molecule has 0 unspecified atom stereocenters. The largest absolute Gasteiger partial charge is 0.435 e. The van der Waals surface area contributed by atoms with Crippen LogP contribution in [-0.2, 0) is 6.54 Å². The van der Waals surface area contributed by atoms with E-state index in [1.807, 2.05) is 13.8 Å². The maximum Gasteiger partial charge on any atom is 0.387 e. The zero-order valence-corrected chi connectivity index (χ0v) is 11.6. The van der Waals surface area contributed by atoms with Gasteiger partial charge in [0.15, 0.2) is 0 Å². The normalized spacial score (nSPS) is 10.7. The molecule has 7 heteroatoms. The highest BCUT2D eigenvalue weighted by atomic mass is 19.3. The monoisotopic (exact) mass is 295 g/mol. The SMILES string of the molecule is CCn1ncc(NC(=O)c2ccc(OC(F)F)cc2)c1C. The number of hydrogen-bond acceptors (Lipinski definition) is 3. The molecule has 0 saturated heterocycles. The van der Waals surface area contributed by atoms with Gasteiger partial charge in [-0.3, -0.25) is 9.48 Å². The smallest absolute Gasteiger partial charge is 0.387 e. The van der Waals surface area contributed by atoms with Gasteiger partial charge in [0.1, 0.15) is 5.75 Å². The molecule has 1 aromatic carbocycles. The van der Waals surface area contributed by atoms with Gasteiger partial charge in [-0.05, 0) is 38.1 Å². The lowest BCUT2D eigenvalue weighted by molar-refractivity contribution is -0.0498. The summed E-state index contributed by atoms with van der Waals surface area (Å²) < 4.78 is 30.1. The van der Waals surface area contributed by atoms with Crippen LogP contribution in [0.3, 0.4) is 0 Å². The summed E-state index contributed by atoms with van der Waals surface area (Å²) in [6.07, 6.45) is 1.57. The number of amides is 1. The summed E-state index contributed by atoms with van der Waals surface area (Å²) in [6, 6.07) is 5.49. The summed E-state index contributed by atoms with van der Waals surface area (Å²) in [5.74, 6) is -0.325. The number of hydrogen-bond donors (Lipinski definition) is 1. The Morgan fingerprint density at radius 3 is 2.57 bits per heavy atom. The standard InChI is InChI=1S/C14H15F2N3O2/c1-3-19-9(2)12(8-17-19)18-13(20)10-4-6-11(7-5-10)21-14(15)16/h4-8,14H,3H2,1-2H3,(H,18,20). The summed E-state index contributed by atoms with van der Waals surface area (Å²) >= 11 is 0. The summed E-state index contributed by atoms with van der Waals surface area (Å²) in [4.78, 5) is 12.1. The van der Waals surface area contributed by atoms with Gasteiger partial charge in [0, 0.05) is 12.1 Å². The molecular formula is C14H15F2N3O2. The lowest BCUT2D eigenvalue weighted by atomic mass is 10.2. The van der Waals surface area contributed by atoms with E-state index in [9.17, 15) is 13.6 Å². The van der Waals surface area contributed by atoms with E-state index in [1.165, 1.54) is 24.3 Å². The fourth-order valence-electron chi connectivity index (χ4n) is 1.87. The van der Waals surface area contributed by atoms with Crippen molar-refractivity contribution >= 4 is 11.6 Å². The van der Waals surface area contributed by atoms with Gasteiger partial charge >= 0.3 is 6.61 Å². The second kappa shape index (κ2) is 6.34. The number of ether oxygens (including phenoxy) is 1. The minimum atomic E-state index is -2.88. The van der Waals surface area contributed by atoms with Crippen LogP contribution < -0.4 is 10.1 Å². The molecule has 1 N–H and O–H groups in total. The number of aromatic nitrogens is 2. The molecule has 2 aromatic rings. The molecule has 0 radical (unpaired) electrons. The fraction of sp³-hybridized carbons (Fsp3) is 0.286. The molecule has 0 fully saturated rings. The first-order chi connectivity index (χ1) is 10.0. The maximum absolute atomic E-state index is 12.1. The van der Waals surface area contributed by atoms with Gasteiger partial charge in [-0.15, -0.1) is 0 Å². The molecular weight excluding hydrogens is 280 g/mol. The molecule has 0 aliphatic heterocycles. The highest BCUT2D eigenvalue weighted by Gasteiger charge is 2.11. The van der Waals surface area contributed by atoms with Crippen LogP contribution in [0.5, 0.6) is 5.75 Å². The van der Waals surface area contributed by atoms with E-state index in [4.69, 9.17) is 0 Å². The summed E-state index contributed by atoms with van der Waals surface area (Å²) in [6.45, 7) is 1.63. The predicted molar refractivity (Wildman–Crippen MR) is 73.7 cm³/mol. The van der Waals surface area contributed by atoms with E-state index >= 15 is 0 Å². The van der Waals surface area contributed by atoms with Gasteiger partial charge in [-0.1, -0.05) is 0 Å². The number of aryl methyl sites for hydroxylation is 1. The van der Waals surface area contributed by atoms with Crippen molar-refractivity contribution < 1.29 is 18.3 Å². The van der Waals surface area contributed by atoms with E-state index in [2.05, 4.69) is 15.2 Å². The molecule has 0 aliphatic rings. The number of carbonyl (C=O) groups excluding carboxylic acids is 1. The lowest BCUT2D eigenvalue weighted by Crippen LogP contribution is -2.12. The van der Waals surface area contributed by atoms with Crippen LogP contribution in [-0.4, -0.2) is 22.3 Å². The Kier molecular flexibility index (Phi) is 4.52. The molecule has 0 bridgehead atoms. The highest BCUT2D eigenvalue weighted by Crippen LogP contribution is 2.18. The zero-order chi connectivity index (χ0) is 15.4. The Bertz CT molecular complexity index is 624. The second-order valence-corrected chi connectivity index (χ2v) is 4.32. The first kappa shape index (κ1) is 15.0. The lowest BCUT2D eigenvalue weighted by Gasteiger charge is -2.07. The van der Waals surface area contributed by atoms with Crippen LogP contribution in [0.25, 0.3) is 0 Å². The van der Waals surface area contributed by atoms with Crippen molar-refractivity contribution in [3.63, 3.8) is 0 Å². The van der Waals surface area contributed by atoms with Crippen molar-refractivity contribution in [2.75, 3.05) is 5.32 Å². The minimum Gasteiger partial charge on any atom is -0.435 e. The number of benzene rings is 1. The first-order valence-corrected chi connectivity index (χ1v) is 6.40. The number of nitrogens with zero attached hydrogens (tertiary/aromatic N) is 2. The first-order valence-electron chi connectivity index (χ1n) is 6.40. The molecule has 1 heterocycles. The number of nitrogens with one attached hydrogen (secondary N) is 1. The Morgan fingerprint density at radius 2 is 2.05 bits per heavy atom. The van der Waals surface area contributed by atoms with Crippen LogP contribution in [0, 0.1) is 6.92 Å². The van der Waals surface area contributed by atoms with Crippen molar-refractivity contribution in [1.29, 1.82) is 0 Å². The Morgan fingerprint density at radius 1 is 1.38 bits per heavy atom. The predicted octanol–water partition coefficient (Wildman–Crippen LogP) is 3.07. The van der Waals surface area contributed by atoms with Gasteiger partial charge < -0.3 is 10.1 Å². The molecule has 21 heavy (non-hydrogen) atoms. The Balaban J connectivity index is 2.07. The summed E-state index contributed by atoms with van der Waals surface area (Å²) in [5.41, 5.74) is 1.82. The molecule has 0 atom stereocenters. The quantitative estimate of drug-likeness (QED) is 0.922. The number of alkyl halides is 2. The van der Waals surface area contributed by atoms with Crippen molar-refractivity contribution in [3.8, 4) is 5.75 Å².